The fourth-order valence-electron chi connectivity index (χ4n) is 3.27. The molecule has 0 amide bonds. The van der Waals surface area contributed by atoms with E-state index >= 15 is 0 Å². The van der Waals surface area contributed by atoms with Gasteiger partial charge in [-0.2, -0.15) is 4.62 Å². The van der Waals surface area contributed by atoms with Gasteiger partial charge in [-0.3, -0.25) is 9.09 Å². The fourth-order valence-corrected chi connectivity index (χ4v) is 3.79. The summed E-state index contributed by atoms with van der Waals surface area (Å²) < 4.78 is 34.2. The highest BCUT2D eigenvalue weighted by Crippen LogP contribution is 2.44. The lowest BCUT2D eigenvalue weighted by atomic mass is 9.95. The molecule has 3 heterocycles. The number of imidazole rings is 1. The number of nitrogens with one attached hydrogen (secondary N) is 1. The summed E-state index contributed by atoms with van der Waals surface area (Å²) in [6.45, 7) is -0.443. The van der Waals surface area contributed by atoms with Gasteiger partial charge in [0.1, 0.15) is 30.2 Å². The second kappa shape index (κ2) is 8.18. The number of hydrogen-bond acceptors (Lipinski definition) is 12. The summed E-state index contributed by atoms with van der Waals surface area (Å²) in [5.74, 6) is 5.06. The van der Waals surface area contributed by atoms with E-state index in [4.69, 9.17) is 25.6 Å². The maximum Gasteiger partial charge on any atom is 0.490 e. The molecule has 29 heavy (non-hydrogen) atoms. The number of phosphoric ester groups is 1. The molecule has 4 rings (SSSR count). The van der Waals surface area contributed by atoms with Crippen LogP contribution < -0.4 is 17.2 Å². The van der Waals surface area contributed by atoms with Gasteiger partial charge in [-0.25, -0.2) is 25.4 Å². The maximum atomic E-state index is 11.7. The number of rotatable bonds is 8. The highest BCUT2D eigenvalue weighted by atomic mass is 31.2. The zero-order valence-electron chi connectivity index (χ0n) is 15.2. The molecule has 7 N–H and O–H groups in total. The van der Waals surface area contributed by atoms with Crippen LogP contribution in [0, 0.1) is 0 Å². The van der Waals surface area contributed by atoms with Gasteiger partial charge in [-0.15, -0.1) is 5.59 Å². The molecule has 0 bridgehead atoms. The Morgan fingerprint density at radius 2 is 2.17 bits per heavy atom. The van der Waals surface area contributed by atoms with Crippen LogP contribution >= 0.6 is 7.82 Å². The van der Waals surface area contributed by atoms with Crippen LogP contribution in [0.25, 0.3) is 11.2 Å². The third-order valence-electron chi connectivity index (χ3n) is 4.95. The minimum Gasteiger partial charge on any atom is -0.387 e. The van der Waals surface area contributed by atoms with Crippen molar-refractivity contribution < 1.29 is 33.2 Å². The zero-order chi connectivity index (χ0) is 20.6. The van der Waals surface area contributed by atoms with Gasteiger partial charge in [-0.1, -0.05) is 0 Å². The summed E-state index contributed by atoms with van der Waals surface area (Å²) >= 11 is 0. The standard InChI is InChI=1S/C14H22N7O7P/c15-12-9-13(18-5-17-12)21(6-19-9)14-11(26-7-2-1-3-7)10(22)8(27-14)4-25-29(23,24)28-20-16/h5-8,10-11,14,20,22H,1-4,16H2,(H,23,24)(H2,15,17,18). The van der Waals surface area contributed by atoms with Crippen LogP contribution in [0.1, 0.15) is 25.5 Å². The molecule has 1 saturated heterocycles. The molecule has 2 aliphatic rings. The lowest BCUT2D eigenvalue weighted by Crippen LogP contribution is -2.40. The summed E-state index contributed by atoms with van der Waals surface area (Å²) in [5.41, 5.74) is 8.22. The first-order valence-corrected chi connectivity index (χ1v) is 10.4. The monoisotopic (exact) mass is 431 g/mol. The first-order chi connectivity index (χ1) is 13.9. The molecular weight excluding hydrogens is 409 g/mol. The Morgan fingerprint density at radius 3 is 2.86 bits per heavy atom. The molecule has 2 aromatic heterocycles. The molecule has 0 spiro atoms. The van der Waals surface area contributed by atoms with Crippen molar-refractivity contribution in [3.8, 4) is 0 Å². The number of hydrazine groups is 1. The quantitative estimate of drug-likeness (QED) is 0.196. The smallest absolute Gasteiger partial charge is 0.387 e. The molecule has 2 aromatic rings. The molecule has 15 heteroatoms. The van der Waals surface area contributed by atoms with Crippen molar-refractivity contribution in [3.05, 3.63) is 12.7 Å². The average Bonchev–Trinajstić information content (AvgIpc) is 3.19. The van der Waals surface area contributed by atoms with E-state index in [1.165, 1.54) is 12.7 Å². The third kappa shape index (κ3) is 4.12. The van der Waals surface area contributed by atoms with Crippen LogP contribution in [0.5, 0.6) is 0 Å². The number of aliphatic hydroxyl groups excluding tert-OH is 1. The van der Waals surface area contributed by atoms with Crippen LogP contribution in [0.4, 0.5) is 5.82 Å². The largest absolute Gasteiger partial charge is 0.490 e. The number of phosphoric acid groups is 1. The van der Waals surface area contributed by atoms with Crippen LogP contribution in [-0.2, 0) is 23.2 Å². The van der Waals surface area contributed by atoms with Gasteiger partial charge < -0.3 is 25.2 Å². The second-order valence-corrected chi connectivity index (χ2v) is 8.14. The molecule has 2 fully saturated rings. The number of ether oxygens (including phenoxy) is 2. The predicted molar refractivity (Wildman–Crippen MR) is 96.3 cm³/mol. The molecule has 14 nitrogen and oxygen atoms in total. The predicted octanol–water partition coefficient (Wildman–Crippen LogP) is -0.884. The summed E-state index contributed by atoms with van der Waals surface area (Å²) in [6, 6.07) is 0. The van der Waals surface area contributed by atoms with Crippen molar-refractivity contribution in [1.29, 1.82) is 0 Å². The molecule has 5 unspecified atom stereocenters. The summed E-state index contributed by atoms with van der Waals surface area (Å²) in [7, 11) is -4.46. The Kier molecular flexibility index (Phi) is 5.79. The molecule has 1 saturated carbocycles. The average molecular weight is 431 g/mol. The lowest BCUT2D eigenvalue weighted by Gasteiger charge is -2.32. The van der Waals surface area contributed by atoms with Gasteiger partial charge >= 0.3 is 7.82 Å². The van der Waals surface area contributed by atoms with E-state index in [-0.39, 0.29) is 11.9 Å². The SMILES string of the molecule is NNOP(=O)(O)OCC1OC(n2cnc3c(N)ncnc32)C(OC2CCC2)C1O. The highest BCUT2D eigenvalue weighted by Gasteiger charge is 2.48. The maximum absolute atomic E-state index is 11.7. The van der Waals surface area contributed by atoms with Crippen molar-refractivity contribution >= 4 is 24.8 Å². The molecule has 0 radical (unpaired) electrons. The number of nitrogens with two attached hydrogens (primary N) is 2. The Morgan fingerprint density at radius 1 is 1.38 bits per heavy atom. The van der Waals surface area contributed by atoms with Crippen molar-refractivity contribution in [2.24, 2.45) is 5.84 Å². The van der Waals surface area contributed by atoms with Gasteiger partial charge in [0.2, 0.25) is 0 Å². The summed E-state index contributed by atoms with van der Waals surface area (Å²) in [6.07, 6.45) is 1.81. The number of hydrogen-bond donors (Lipinski definition) is 5. The number of nitrogens with zero attached hydrogens (tertiary/aromatic N) is 4. The van der Waals surface area contributed by atoms with Gasteiger partial charge in [0.25, 0.3) is 0 Å². The van der Waals surface area contributed by atoms with Crippen molar-refractivity contribution in [3.63, 3.8) is 0 Å². The molecule has 160 valence electrons. The van der Waals surface area contributed by atoms with Gasteiger partial charge in [0, 0.05) is 0 Å². The van der Waals surface area contributed by atoms with E-state index in [2.05, 4.69) is 19.6 Å². The topological polar surface area (TPSA) is 202 Å². The first-order valence-electron chi connectivity index (χ1n) is 8.93. The van der Waals surface area contributed by atoms with Crippen LogP contribution in [0.15, 0.2) is 12.7 Å². The zero-order valence-corrected chi connectivity index (χ0v) is 16.1. The van der Waals surface area contributed by atoms with Crippen LogP contribution in [0.2, 0.25) is 0 Å². The van der Waals surface area contributed by atoms with Crippen molar-refractivity contribution in [2.75, 3.05) is 12.3 Å². The van der Waals surface area contributed by atoms with Gasteiger partial charge in [-0.05, 0) is 19.3 Å². The normalized spacial score (nSPS) is 29.8. The van der Waals surface area contributed by atoms with Gasteiger partial charge in [0.15, 0.2) is 17.7 Å². The highest BCUT2D eigenvalue weighted by molar-refractivity contribution is 7.47. The molecular formula is C14H22N7O7P. The van der Waals surface area contributed by atoms with Crippen molar-refractivity contribution in [1.82, 2.24) is 25.1 Å². The number of aliphatic hydroxyl groups is 1. The molecule has 1 aliphatic carbocycles. The Labute approximate surface area is 164 Å². The summed E-state index contributed by atoms with van der Waals surface area (Å²) in [5, 5.41) is 10.8. The molecule has 5 atom stereocenters. The Hall–Kier alpha value is -1.74. The first kappa shape index (κ1) is 20.5. The van der Waals surface area contributed by atoms with E-state index in [1.54, 1.807) is 10.2 Å². The fraction of sp³-hybridized carbons (Fsp3) is 0.643. The summed E-state index contributed by atoms with van der Waals surface area (Å²) in [4.78, 5) is 21.8. The Bertz CT molecular complexity index is 910. The number of aromatic nitrogens is 4. The Balaban J connectivity index is 1.58. The molecule has 0 aromatic carbocycles. The van der Waals surface area contributed by atoms with Crippen LogP contribution in [-0.4, -0.2) is 60.5 Å². The number of fused-ring (bicyclic) bond motifs is 1. The van der Waals surface area contributed by atoms with E-state index < -0.39 is 39.0 Å². The number of anilines is 1. The van der Waals surface area contributed by atoms with Crippen molar-refractivity contribution in [2.45, 2.75) is 49.9 Å². The number of nitrogen functional groups attached to an aromatic ring is 1. The van der Waals surface area contributed by atoms with E-state index in [1.807, 2.05) is 0 Å². The minimum absolute atomic E-state index is 0.0105. The third-order valence-corrected chi connectivity index (χ3v) is 5.76. The van der Waals surface area contributed by atoms with E-state index in [9.17, 15) is 14.6 Å². The lowest BCUT2D eigenvalue weighted by molar-refractivity contribution is -0.120. The molecule has 1 aliphatic heterocycles. The van der Waals surface area contributed by atoms with Gasteiger partial charge in [0.05, 0.1) is 19.0 Å². The van der Waals surface area contributed by atoms with E-state index in [0.29, 0.717) is 11.2 Å². The van der Waals surface area contributed by atoms with Crippen LogP contribution in [0.3, 0.4) is 0 Å². The minimum atomic E-state index is -4.46. The van der Waals surface area contributed by atoms with E-state index in [0.717, 1.165) is 19.3 Å². The second-order valence-electron chi connectivity index (χ2n) is 6.77.